The van der Waals surface area contributed by atoms with Crippen molar-refractivity contribution in [2.24, 2.45) is 5.92 Å². The number of nitrogens with one attached hydrogen (secondary N) is 2. The highest BCUT2D eigenvalue weighted by Gasteiger charge is 2.25. The molecule has 0 aliphatic rings. The van der Waals surface area contributed by atoms with Crippen LogP contribution in [0.25, 0.3) is 0 Å². The van der Waals surface area contributed by atoms with Crippen LogP contribution in [0.2, 0.25) is 0 Å². The Balaban J connectivity index is 2.82. The number of urea groups is 1. The van der Waals surface area contributed by atoms with E-state index in [9.17, 15) is 14.0 Å². The second kappa shape index (κ2) is 7.24. The second-order valence-electron chi connectivity index (χ2n) is 4.60. The van der Waals surface area contributed by atoms with Crippen LogP contribution in [-0.2, 0) is 4.79 Å². The van der Waals surface area contributed by atoms with E-state index in [2.05, 4.69) is 10.6 Å². The number of amides is 2. The topological polar surface area (TPSA) is 102 Å². The van der Waals surface area contributed by atoms with E-state index in [4.69, 9.17) is 10.4 Å². The lowest BCUT2D eigenvalue weighted by atomic mass is 9.99. The summed E-state index contributed by atoms with van der Waals surface area (Å²) in [5.74, 6) is -1.99. The number of hydrogen-bond donors (Lipinski definition) is 3. The zero-order valence-corrected chi connectivity index (χ0v) is 11.7. The number of aliphatic carboxylic acids is 1. The van der Waals surface area contributed by atoms with Crippen molar-refractivity contribution in [2.45, 2.75) is 26.3 Å². The zero-order valence-electron chi connectivity index (χ0n) is 11.7. The van der Waals surface area contributed by atoms with E-state index in [0.29, 0.717) is 6.42 Å². The quantitative estimate of drug-likeness (QED) is 0.775. The molecule has 0 spiro atoms. The average Bonchev–Trinajstić information content (AvgIpc) is 2.45. The van der Waals surface area contributed by atoms with Crippen molar-refractivity contribution in [2.75, 3.05) is 5.32 Å². The van der Waals surface area contributed by atoms with E-state index >= 15 is 0 Å². The molecule has 1 rings (SSSR count). The maximum absolute atomic E-state index is 13.0. The minimum Gasteiger partial charge on any atom is -0.480 e. The fourth-order valence-corrected chi connectivity index (χ4v) is 1.70. The smallest absolute Gasteiger partial charge is 0.326 e. The third-order valence-corrected chi connectivity index (χ3v) is 3.12. The van der Waals surface area contributed by atoms with Gasteiger partial charge in [0.1, 0.15) is 17.9 Å². The van der Waals surface area contributed by atoms with Crippen LogP contribution < -0.4 is 10.6 Å². The van der Waals surface area contributed by atoms with E-state index in [-0.39, 0.29) is 17.2 Å². The Morgan fingerprint density at radius 2 is 2.14 bits per heavy atom. The van der Waals surface area contributed by atoms with Crippen LogP contribution in [0, 0.1) is 23.1 Å². The number of carboxylic acids is 1. The van der Waals surface area contributed by atoms with Gasteiger partial charge in [0.05, 0.1) is 11.3 Å². The highest BCUT2D eigenvalue weighted by Crippen LogP contribution is 2.16. The van der Waals surface area contributed by atoms with Gasteiger partial charge < -0.3 is 15.7 Å². The van der Waals surface area contributed by atoms with Gasteiger partial charge in [-0.1, -0.05) is 20.3 Å². The largest absolute Gasteiger partial charge is 0.480 e. The summed E-state index contributed by atoms with van der Waals surface area (Å²) in [6.45, 7) is 3.52. The molecule has 7 heteroatoms. The number of carbonyl (C=O) groups is 2. The molecule has 112 valence electrons. The van der Waals surface area contributed by atoms with E-state index in [1.165, 1.54) is 6.07 Å². The summed E-state index contributed by atoms with van der Waals surface area (Å²) in [4.78, 5) is 22.9. The average molecular weight is 293 g/mol. The highest BCUT2D eigenvalue weighted by molar-refractivity contribution is 5.93. The molecule has 0 aromatic heterocycles. The fraction of sp³-hybridized carbons (Fsp3) is 0.357. The van der Waals surface area contributed by atoms with E-state index in [1.54, 1.807) is 13.0 Å². The van der Waals surface area contributed by atoms with E-state index in [1.807, 2.05) is 6.92 Å². The van der Waals surface area contributed by atoms with Crippen LogP contribution >= 0.6 is 0 Å². The van der Waals surface area contributed by atoms with Crippen molar-refractivity contribution in [3.63, 3.8) is 0 Å². The molecule has 1 unspecified atom stereocenters. The molecule has 6 nitrogen and oxygen atoms in total. The fourth-order valence-electron chi connectivity index (χ4n) is 1.70. The molecule has 21 heavy (non-hydrogen) atoms. The molecule has 0 radical (unpaired) electrons. The van der Waals surface area contributed by atoms with Gasteiger partial charge in [-0.05, 0) is 24.1 Å². The van der Waals surface area contributed by atoms with Crippen molar-refractivity contribution < 1.29 is 19.1 Å². The standard InChI is InChI=1S/C14H16FN3O3/c1-3-8(2)12(13(19)20)18-14(21)17-11-5-4-10(15)6-9(11)7-16/h4-6,8,12H,3H2,1-2H3,(H,19,20)(H2,17,18,21)/t8?,12-/m0/s1. The van der Waals surface area contributed by atoms with Crippen molar-refractivity contribution in [1.82, 2.24) is 5.32 Å². The summed E-state index contributed by atoms with van der Waals surface area (Å²) >= 11 is 0. The van der Waals surface area contributed by atoms with Crippen LogP contribution in [0.4, 0.5) is 14.9 Å². The molecule has 0 saturated heterocycles. The van der Waals surface area contributed by atoms with Gasteiger partial charge in [0, 0.05) is 0 Å². The number of rotatable bonds is 5. The molecule has 0 aliphatic carbocycles. The first-order valence-corrected chi connectivity index (χ1v) is 6.39. The molecule has 1 aromatic carbocycles. The Bertz CT molecular complexity index is 583. The first kappa shape index (κ1) is 16.4. The van der Waals surface area contributed by atoms with Gasteiger partial charge >= 0.3 is 12.0 Å². The van der Waals surface area contributed by atoms with Crippen LogP contribution in [0.5, 0.6) is 0 Å². The van der Waals surface area contributed by atoms with Gasteiger partial charge in [0.15, 0.2) is 0 Å². The summed E-state index contributed by atoms with van der Waals surface area (Å²) in [7, 11) is 0. The first-order valence-electron chi connectivity index (χ1n) is 6.39. The number of benzene rings is 1. The molecular weight excluding hydrogens is 277 g/mol. The molecule has 0 fully saturated rings. The summed E-state index contributed by atoms with van der Waals surface area (Å²) in [5.41, 5.74) is 0.0743. The van der Waals surface area contributed by atoms with Gasteiger partial charge in [-0.2, -0.15) is 5.26 Å². The van der Waals surface area contributed by atoms with Gasteiger partial charge in [0.2, 0.25) is 0 Å². The molecule has 0 saturated carbocycles. The number of nitriles is 1. The van der Waals surface area contributed by atoms with Gasteiger partial charge in [-0.3, -0.25) is 0 Å². The summed E-state index contributed by atoms with van der Waals surface area (Å²) in [6.07, 6.45) is 0.581. The number of carbonyl (C=O) groups excluding carboxylic acids is 1. The van der Waals surface area contributed by atoms with Crippen LogP contribution in [0.15, 0.2) is 18.2 Å². The minimum absolute atomic E-state index is 0.0411. The first-order chi connectivity index (χ1) is 9.88. The number of hydrogen-bond acceptors (Lipinski definition) is 3. The van der Waals surface area contributed by atoms with Gasteiger partial charge in [-0.15, -0.1) is 0 Å². The Hall–Kier alpha value is -2.62. The number of nitrogens with zero attached hydrogens (tertiary/aromatic N) is 1. The zero-order chi connectivity index (χ0) is 16.0. The van der Waals surface area contributed by atoms with Crippen LogP contribution in [-0.4, -0.2) is 23.1 Å². The summed E-state index contributed by atoms with van der Waals surface area (Å²) in [5, 5.41) is 22.6. The second-order valence-corrected chi connectivity index (χ2v) is 4.60. The Kier molecular flexibility index (Phi) is 5.67. The molecule has 0 heterocycles. The molecule has 0 aliphatic heterocycles. The summed E-state index contributed by atoms with van der Waals surface area (Å²) in [6, 6.07) is 3.28. The SMILES string of the molecule is CCC(C)[C@H](NC(=O)Nc1ccc(F)cc1C#N)C(=O)O. The minimum atomic E-state index is -1.14. The molecule has 2 atom stereocenters. The predicted molar refractivity (Wildman–Crippen MR) is 74.1 cm³/mol. The van der Waals surface area contributed by atoms with E-state index in [0.717, 1.165) is 12.1 Å². The van der Waals surface area contributed by atoms with E-state index < -0.39 is 23.9 Å². The van der Waals surface area contributed by atoms with Crippen LogP contribution in [0.1, 0.15) is 25.8 Å². The molecule has 2 amide bonds. The Morgan fingerprint density at radius 1 is 1.48 bits per heavy atom. The van der Waals surface area contributed by atoms with Crippen LogP contribution in [0.3, 0.4) is 0 Å². The van der Waals surface area contributed by atoms with Gasteiger partial charge in [-0.25, -0.2) is 14.0 Å². The number of halogens is 1. The molecule has 0 bridgehead atoms. The Labute approximate surface area is 121 Å². The van der Waals surface area contributed by atoms with Crippen molar-refractivity contribution in [3.8, 4) is 6.07 Å². The molecule has 3 N–H and O–H groups in total. The lowest BCUT2D eigenvalue weighted by molar-refractivity contribution is -0.140. The van der Waals surface area contributed by atoms with Crippen molar-refractivity contribution >= 4 is 17.7 Å². The third kappa shape index (κ3) is 4.45. The van der Waals surface area contributed by atoms with Crippen molar-refractivity contribution in [3.05, 3.63) is 29.6 Å². The maximum Gasteiger partial charge on any atom is 0.326 e. The highest BCUT2D eigenvalue weighted by atomic mass is 19.1. The lowest BCUT2D eigenvalue weighted by Crippen LogP contribution is -2.46. The van der Waals surface area contributed by atoms with Gasteiger partial charge in [0.25, 0.3) is 0 Å². The monoisotopic (exact) mass is 293 g/mol. The normalized spacial score (nSPS) is 12.9. The van der Waals surface area contributed by atoms with Crippen molar-refractivity contribution in [1.29, 1.82) is 5.26 Å². The maximum atomic E-state index is 13.0. The lowest BCUT2D eigenvalue weighted by Gasteiger charge is -2.20. The number of carboxylic acid groups (broad SMARTS) is 1. The summed E-state index contributed by atoms with van der Waals surface area (Å²) < 4.78 is 13.0. The number of anilines is 1. The molecule has 1 aromatic rings. The third-order valence-electron chi connectivity index (χ3n) is 3.12. The molecular formula is C14H16FN3O3. The Morgan fingerprint density at radius 3 is 2.67 bits per heavy atom. The predicted octanol–water partition coefficient (Wildman–Crippen LogP) is 2.32.